The van der Waals surface area contributed by atoms with Crippen molar-refractivity contribution in [3.05, 3.63) is 13.2 Å². The molecule has 1 fully saturated rings. The second-order valence-electron chi connectivity index (χ2n) is 4.45. The third kappa shape index (κ3) is 5.94. The van der Waals surface area contributed by atoms with Crippen LogP contribution in [0.15, 0.2) is 13.2 Å². The lowest BCUT2D eigenvalue weighted by atomic mass is 9.72. The third-order valence-corrected chi connectivity index (χ3v) is 3.96. The summed E-state index contributed by atoms with van der Waals surface area (Å²) in [6.07, 6.45) is 8.71. The average Bonchev–Trinajstić information content (AvgIpc) is 2.86. The van der Waals surface area contributed by atoms with Crippen LogP contribution >= 0.6 is 0 Å². The Morgan fingerprint density at radius 3 is 1.81 bits per heavy atom. The van der Waals surface area contributed by atoms with Crippen LogP contribution in [0, 0.1) is 11.3 Å². The molecule has 96 valence electrons. The molecule has 0 heterocycles. The van der Waals surface area contributed by atoms with E-state index >= 15 is 0 Å². The molecule has 0 saturated heterocycles. The van der Waals surface area contributed by atoms with E-state index in [2.05, 4.69) is 33.9 Å². The number of carbonyl (C=O) groups is 1. The summed E-state index contributed by atoms with van der Waals surface area (Å²) < 4.78 is 0. The second kappa shape index (κ2) is 10.7. The van der Waals surface area contributed by atoms with E-state index < -0.39 is 0 Å². The summed E-state index contributed by atoms with van der Waals surface area (Å²) >= 11 is 0. The van der Waals surface area contributed by atoms with E-state index in [0.29, 0.717) is 5.41 Å². The summed E-state index contributed by atoms with van der Waals surface area (Å²) in [5, 5.41) is 6.89. The molecule has 0 aliphatic heterocycles. The fourth-order valence-electron chi connectivity index (χ4n) is 2.45. The zero-order chi connectivity index (χ0) is 13.0. The van der Waals surface area contributed by atoms with Crippen LogP contribution in [0.4, 0.5) is 0 Å². The Hall–Kier alpha value is -0.790. The Morgan fingerprint density at radius 1 is 1.25 bits per heavy atom. The van der Waals surface area contributed by atoms with E-state index in [1.54, 1.807) is 0 Å². The van der Waals surface area contributed by atoms with E-state index in [4.69, 9.17) is 9.90 Å². The normalized spacial score (nSPS) is 15.4. The Balaban J connectivity index is 0. The molecule has 0 spiro atoms. The first-order valence-corrected chi connectivity index (χ1v) is 6.22. The maximum atomic E-state index is 8.36. The maximum Gasteiger partial charge on any atom is 0.290 e. The summed E-state index contributed by atoms with van der Waals surface area (Å²) in [6.45, 7) is 12.9. The van der Waals surface area contributed by atoms with Gasteiger partial charge < -0.3 is 5.11 Å². The predicted octanol–water partition coefficient (Wildman–Crippen LogP) is 4.51. The largest absolute Gasteiger partial charge is 0.483 e. The molecule has 1 aliphatic carbocycles. The summed E-state index contributed by atoms with van der Waals surface area (Å²) in [5.74, 6) is 1.04. The molecule has 0 amide bonds. The molecule has 0 aromatic carbocycles. The van der Waals surface area contributed by atoms with Crippen molar-refractivity contribution < 1.29 is 9.90 Å². The smallest absolute Gasteiger partial charge is 0.290 e. The van der Waals surface area contributed by atoms with Crippen molar-refractivity contribution in [2.24, 2.45) is 11.3 Å². The first-order valence-electron chi connectivity index (χ1n) is 6.22. The third-order valence-electron chi connectivity index (χ3n) is 3.96. The van der Waals surface area contributed by atoms with Gasteiger partial charge in [-0.2, -0.15) is 0 Å². The quantitative estimate of drug-likeness (QED) is 0.570. The highest BCUT2D eigenvalue weighted by atomic mass is 16.3. The van der Waals surface area contributed by atoms with Crippen LogP contribution in [0.1, 0.15) is 59.3 Å². The van der Waals surface area contributed by atoms with Crippen LogP contribution in [-0.4, -0.2) is 11.6 Å². The monoisotopic (exact) mass is 228 g/mol. The molecule has 0 radical (unpaired) electrons. The molecule has 0 bridgehead atoms. The summed E-state index contributed by atoms with van der Waals surface area (Å²) in [7, 11) is 0. The molecule has 0 aromatic rings. The number of hydrogen-bond acceptors (Lipinski definition) is 1. The molecule has 2 heteroatoms. The van der Waals surface area contributed by atoms with E-state index in [1.165, 1.54) is 38.5 Å². The lowest BCUT2D eigenvalue weighted by molar-refractivity contribution is -0.122. The van der Waals surface area contributed by atoms with Crippen molar-refractivity contribution in [2.45, 2.75) is 59.3 Å². The molecule has 2 nitrogen and oxygen atoms in total. The van der Waals surface area contributed by atoms with Gasteiger partial charge in [0, 0.05) is 0 Å². The molecule has 1 N–H and O–H groups in total. The molecular formula is C14H28O2. The Bertz CT molecular complexity index is 156. The second-order valence-corrected chi connectivity index (χ2v) is 4.45. The lowest BCUT2D eigenvalue weighted by Crippen LogP contribution is -2.23. The minimum Gasteiger partial charge on any atom is -0.483 e. The average molecular weight is 228 g/mol. The van der Waals surface area contributed by atoms with Gasteiger partial charge in [0.25, 0.3) is 6.47 Å². The van der Waals surface area contributed by atoms with Gasteiger partial charge in [-0.15, -0.1) is 13.2 Å². The van der Waals surface area contributed by atoms with E-state index in [9.17, 15) is 0 Å². The van der Waals surface area contributed by atoms with E-state index in [1.807, 2.05) is 0 Å². The van der Waals surface area contributed by atoms with E-state index in [-0.39, 0.29) is 6.47 Å². The molecule has 0 aromatic heterocycles. The van der Waals surface area contributed by atoms with Gasteiger partial charge in [-0.05, 0) is 24.2 Å². The molecule has 1 rings (SSSR count). The zero-order valence-electron chi connectivity index (χ0n) is 11.2. The molecule has 16 heavy (non-hydrogen) atoms. The van der Waals surface area contributed by atoms with Crippen molar-refractivity contribution in [1.29, 1.82) is 0 Å². The van der Waals surface area contributed by atoms with Crippen LogP contribution in [0.2, 0.25) is 0 Å². The molecule has 1 aliphatic rings. The van der Waals surface area contributed by atoms with Crippen LogP contribution in [0.25, 0.3) is 0 Å². The maximum absolute atomic E-state index is 8.36. The highest BCUT2D eigenvalue weighted by Crippen LogP contribution is 2.43. The van der Waals surface area contributed by atoms with Gasteiger partial charge in [0.2, 0.25) is 0 Å². The zero-order valence-corrected chi connectivity index (χ0v) is 11.2. The van der Waals surface area contributed by atoms with Gasteiger partial charge in [0.1, 0.15) is 0 Å². The molecule has 0 atom stereocenters. The highest BCUT2D eigenvalue weighted by molar-refractivity contribution is 5.32. The van der Waals surface area contributed by atoms with Gasteiger partial charge in [0.05, 0.1) is 0 Å². The van der Waals surface area contributed by atoms with Gasteiger partial charge in [0.15, 0.2) is 0 Å². The first kappa shape index (κ1) is 17.6. The van der Waals surface area contributed by atoms with Gasteiger partial charge in [-0.1, -0.05) is 46.5 Å². The lowest BCUT2D eigenvalue weighted by Gasteiger charge is -2.33. The summed E-state index contributed by atoms with van der Waals surface area (Å²) in [5.41, 5.74) is 0.663. The van der Waals surface area contributed by atoms with Crippen molar-refractivity contribution in [3.8, 4) is 0 Å². The SMILES string of the molecule is C=C.CCC(C)(CC)C1CCCC1.O=CO. The number of hydrogen-bond donors (Lipinski definition) is 1. The Kier molecular flexibility index (Phi) is 11.8. The van der Waals surface area contributed by atoms with Crippen molar-refractivity contribution in [1.82, 2.24) is 0 Å². The molecular weight excluding hydrogens is 200 g/mol. The van der Waals surface area contributed by atoms with Crippen molar-refractivity contribution >= 4 is 6.47 Å². The van der Waals surface area contributed by atoms with Gasteiger partial charge in [-0.3, -0.25) is 4.79 Å². The summed E-state index contributed by atoms with van der Waals surface area (Å²) in [6, 6.07) is 0. The molecule has 0 unspecified atom stereocenters. The minimum absolute atomic E-state index is 0.250. The van der Waals surface area contributed by atoms with Crippen molar-refractivity contribution in [3.63, 3.8) is 0 Å². The van der Waals surface area contributed by atoms with Gasteiger partial charge in [-0.25, -0.2) is 0 Å². The van der Waals surface area contributed by atoms with Crippen LogP contribution < -0.4 is 0 Å². The van der Waals surface area contributed by atoms with Gasteiger partial charge >= 0.3 is 0 Å². The van der Waals surface area contributed by atoms with Crippen LogP contribution in [-0.2, 0) is 4.79 Å². The Labute approximate surface area is 101 Å². The van der Waals surface area contributed by atoms with Crippen molar-refractivity contribution in [2.75, 3.05) is 0 Å². The summed E-state index contributed by atoms with van der Waals surface area (Å²) in [4.78, 5) is 8.36. The Morgan fingerprint density at radius 2 is 1.56 bits per heavy atom. The predicted molar refractivity (Wildman–Crippen MR) is 70.6 cm³/mol. The standard InChI is InChI=1S/C11H22.C2H4.CH2O2/c1-4-11(3,5-2)10-8-6-7-9-10;1-2;2-1-3/h10H,4-9H2,1-3H3;1-2H2;1H,(H,2,3). The minimum atomic E-state index is -0.250. The number of carboxylic acid groups (broad SMARTS) is 1. The highest BCUT2D eigenvalue weighted by Gasteiger charge is 2.32. The fourth-order valence-corrected chi connectivity index (χ4v) is 2.45. The van der Waals surface area contributed by atoms with Crippen LogP contribution in [0.5, 0.6) is 0 Å². The number of rotatable bonds is 3. The van der Waals surface area contributed by atoms with E-state index in [0.717, 1.165) is 5.92 Å². The first-order chi connectivity index (χ1) is 7.64. The topological polar surface area (TPSA) is 37.3 Å². The molecule has 1 saturated carbocycles. The van der Waals surface area contributed by atoms with Crippen LogP contribution in [0.3, 0.4) is 0 Å². The fraction of sp³-hybridized carbons (Fsp3) is 0.786.